The molecule has 7 heteroatoms. The zero-order valence-electron chi connectivity index (χ0n) is 13.6. The second-order valence-corrected chi connectivity index (χ2v) is 8.03. The summed E-state index contributed by atoms with van der Waals surface area (Å²) in [7, 11) is 0. The van der Waals surface area contributed by atoms with Gasteiger partial charge in [0.15, 0.2) is 4.34 Å². The molecular weight excluding hydrogens is 352 g/mol. The van der Waals surface area contributed by atoms with Gasteiger partial charge in [0.25, 0.3) is 0 Å². The molecule has 0 radical (unpaired) electrons. The van der Waals surface area contributed by atoms with Crippen LogP contribution in [0.2, 0.25) is 0 Å². The number of hydrogen-bond acceptors (Lipinski definition) is 7. The van der Waals surface area contributed by atoms with E-state index < -0.39 is 0 Å². The van der Waals surface area contributed by atoms with Crippen LogP contribution in [-0.4, -0.2) is 21.2 Å². The molecule has 1 aromatic carbocycles. The van der Waals surface area contributed by atoms with E-state index in [4.69, 9.17) is 4.74 Å². The van der Waals surface area contributed by atoms with Crippen molar-refractivity contribution in [3.05, 3.63) is 59.9 Å². The molecule has 128 valence electrons. The predicted molar refractivity (Wildman–Crippen MR) is 101 cm³/mol. The maximum Gasteiger partial charge on any atom is 0.206 e. The average Bonchev–Trinajstić information content (AvgIpc) is 3.36. The van der Waals surface area contributed by atoms with Crippen LogP contribution >= 0.6 is 23.1 Å². The highest BCUT2D eigenvalue weighted by molar-refractivity contribution is 8.00. The number of ether oxygens (including phenoxy) is 1. The van der Waals surface area contributed by atoms with E-state index in [1.807, 2.05) is 30.3 Å². The zero-order valence-corrected chi connectivity index (χ0v) is 15.2. The van der Waals surface area contributed by atoms with Crippen LogP contribution in [0.5, 0.6) is 5.75 Å². The van der Waals surface area contributed by atoms with Crippen molar-refractivity contribution < 1.29 is 4.74 Å². The van der Waals surface area contributed by atoms with Crippen LogP contribution in [0, 0.1) is 0 Å². The number of benzene rings is 1. The minimum Gasteiger partial charge on any atom is -0.487 e. The Morgan fingerprint density at radius 3 is 2.76 bits per heavy atom. The summed E-state index contributed by atoms with van der Waals surface area (Å²) >= 11 is 3.34. The lowest BCUT2D eigenvalue weighted by molar-refractivity contribution is 0.301. The molecule has 1 aliphatic carbocycles. The minimum atomic E-state index is 0.483. The lowest BCUT2D eigenvalue weighted by atomic mass is 10.2. The molecule has 1 saturated carbocycles. The van der Waals surface area contributed by atoms with Crippen molar-refractivity contribution >= 4 is 28.2 Å². The Morgan fingerprint density at radius 1 is 1.12 bits per heavy atom. The fourth-order valence-electron chi connectivity index (χ4n) is 2.20. The fourth-order valence-corrected chi connectivity index (χ4v) is 3.98. The van der Waals surface area contributed by atoms with Gasteiger partial charge in [-0.3, -0.25) is 4.98 Å². The third kappa shape index (κ3) is 4.93. The summed E-state index contributed by atoms with van der Waals surface area (Å²) < 4.78 is 6.76. The van der Waals surface area contributed by atoms with Crippen LogP contribution in [0.1, 0.15) is 24.1 Å². The number of rotatable bonds is 8. The smallest absolute Gasteiger partial charge is 0.206 e. The fraction of sp³-hybridized carbons (Fsp3) is 0.278. The molecule has 2 heterocycles. The molecule has 4 rings (SSSR count). The van der Waals surface area contributed by atoms with Crippen LogP contribution in [0.15, 0.2) is 53.0 Å². The van der Waals surface area contributed by atoms with Gasteiger partial charge in [-0.2, -0.15) is 0 Å². The Hall–Kier alpha value is -2.12. The normalized spacial score (nSPS) is 13.6. The molecule has 0 amide bonds. The van der Waals surface area contributed by atoms with Gasteiger partial charge in [0, 0.05) is 18.0 Å². The van der Waals surface area contributed by atoms with Gasteiger partial charge < -0.3 is 10.1 Å². The van der Waals surface area contributed by atoms with Gasteiger partial charge in [0.2, 0.25) is 5.13 Å². The van der Waals surface area contributed by atoms with Gasteiger partial charge in [-0.15, -0.1) is 10.2 Å². The van der Waals surface area contributed by atoms with E-state index in [-0.39, 0.29) is 0 Å². The van der Waals surface area contributed by atoms with E-state index in [9.17, 15) is 0 Å². The number of hydrogen-bond donors (Lipinski definition) is 1. The van der Waals surface area contributed by atoms with Crippen LogP contribution in [0.4, 0.5) is 5.13 Å². The molecule has 1 aliphatic rings. The first kappa shape index (κ1) is 16.4. The van der Waals surface area contributed by atoms with E-state index in [0.717, 1.165) is 26.7 Å². The van der Waals surface area contributed by atoms with Gasteiger partial charge >= 0.3 is 0 Å². The standard InChI is InChI=1S/C18H18N4OS2/c1-2-10-19-15(3-1)11-23-16-8-4-13(5-9-16)12-24-18-22-21-17(25-18)20-14-6-7-14/h1-5,8-10,14H,6-7,11-12H2,(H,20,21). The quantitative estimate of drug-likeness (QED) is 0.594. The number of anilines is 1. The number of thioether (sulfide) groups is 1. The molecule has 1 N–H and O–H groups in total. The summed E-state index contributed by atoms with van der Waals surface area (Å²) in [5.41, 5.74) is 2.16. The topological polar surface area (TPSA) is 59.9 Å². The van der Waals surface area contributed by atoms with Crippen molar-refractivity contribution in [3.8, 4) is 5.75 Å². The summed E-state index contributed by atoms with van der Waals surface area (Å²) in [5.74, 6) is 1.73. The minimum absolute atomic E-state index is 0.483. The van der Waals surface area contributed by atoms with Crippen LogP contribution in [0.3, 0.4) is 0 Å². The Kier molecular flexibility index (Phi) is 5.13. The highest BCUT2D eigenvalue weighted by atomic mass is 32.2. The van der Waals surface area contributed by atoms with E-state index in [1.54, 1.807) is 29.3 Å². The molecule has 0 bridgehead atoms. The largest absolute Gasteiger partial charge is 0.487 e. The van der Waals surface area contributed by atoms with Crippen molar-refractivity contribution in [1.82, 2.24) is 15.2 Å². The summed E-state index contributed by atoms with van der Waals surface area (Å²) in [6, 6.07) is 14.6. The van der Waals surface area contributed by atoms with Gasteiger partial charge in [0.05, 0.1) is 5.69 Å². The monoisotopic (exact) mass is 370 g/mol. The van der Waals surface area contributed by atoms with E-state index in [0.29, 0.717) is 12.6 Å². The maximum atomic E-state index is 5.76. The molecule has 3 aromatic rings. The second kappa shape index (κ2) is 7.84. The molecule has 1 fully saturated rings. The van der Waals surface area contributed by atoms with Crippen molar-refractivity contribution in [2.45, 2.75) is 35.6 Å². The first-order chi connectivity index (χ1) is 12.3. The van der Waals surface area contributed by atoms with E-state index in [1.165, 1.54) is 18.4 Å². The first-order valence-corrected chi connectivity index (χ1v) is 10.00. The third-order valence-electron chi connectivity index (χ3n) is 3.71. The summed E-state index contributed by atoms with van der Waals surface area (Å²) in [6.45, 7) is 0.483. The van der Waals surface area contributed by atoms with Crippen LogP contribution in [0.25, 0.3) is 0 Å². The molecule has 0 aliphatic heterocycles. The molecule has 2 aromatic heterocycles. The van der Waals surface area contributed by atoms with Gasteiger partial charge in [-0.1, -0.05) is 41.3 Å². The van der Waals surface area contributed by atoms with Gasteiger partial charge in [0.1, 0.15) is 12.4 Å². The molecule has 0 unspecified atom stereocenters. The molecule has 0 atom stereocenters. The summed E-state index contributed by atoms with van der Waals surface area (Å²) in [6.07, 6.45) is 4.27. The van der Waals surface area contributed by atoms with Crippen molar-refractivity contribution in [2.75, 3.05) is 5.32 Å². The van der Waals surface area contributed by atoms with Gasteiger partial charge in [-0.25, -0.2) is 0 Å². The summed E-state index contributed by atoms with van der Waals surface area (Å²) in [4.78, 5) is 4.25. The van der Waals surface area contributed by atoms with Crippen molar-refractivity contribution in [1.29, 1.82) is 0 Å². The Bertz CT molecular complexity index is 803. The SMILES string of the molecule is c1ccc(COc2ccc(CSc3nnc(NC4CC4)s3)cc2)nc1. The van der Waals surface area contributed by atoms with Crippen LogP contribution < -0.4 is 10.1 Å². The van der Waals surface area contributed by atoms with E-state index in [2.05, 4.69) is 32.6 Å². The predicted octanol–water partition coefficient (Wildman–Crippen LogP) is 4.38. The molecule has 25 heavy (non-hydrogen) atoms. The zero-order chi connectivity index (χ0) is 16.9. The summed E-state index contributed by atoms with van der Waals surface area (Å²) in [5, 5.41) is 12.7. The Morgan fingerprint density at radius 2 is 2.00 bits per heavy atom. The average molecular weight is 371 g/mol. The molecule has 0 spiro atoms. The van der Waals surface area contributed by atoms with Crippen LogP contribution in [-0.2, 0) is 12.4 Å². The Balaban J connectivity index is 1.26. The highest BCUT2D eigenvalue weighted by Gasteiger charge is 2.22. The third-order valence-corrected chi connectivity index (χ3v) is 5.77. The number of nitrogens with one attached hydrogen (secondary N) is 1. The van der Waals surface area contributed by atoms with Crippen molar-refractivity contribution in [3.63, 3.8) is 0 Å². The second-order valence-electron chi connectivity index (χ2n) is 5.83. The molecule has 0 saturated heterocycles. The number of nitrogens with zero attached hydrogens (tertiary/aromatic N) is 3. The number of pyridine rings is 1. The lowest BCUT2D eigenvalue weighted by Gasteiger charge is -2.06. The lowest BCUT2D eigenvalue weighted by Crippen LogP contribution is -1.99. The molecular formula is C18H18N4OS2. The van der Waals surface area contributed by atoms with Gasteiger partial charge in [-0.05, 0) is 42.7 Å². The van der Waals surface area contributed by atoms with Crippen molar-refractivity contribution in [2.24, 2.45) is 0 Å². The maximum absolute atomic E-state index is 5.76. The first-order valence-electron chi connectivity index (χ1n) is 8.20. The number of aromatic nitrogens is 3. The Labute approximate surface area is 154 Å². The van der Waals surface area contributed by atoms with E-state index >= 15 is 0 Å². The highest BCUT2D eigenvalue weighted by Crippen LogP contribution is 2.31. The molecule has 5 nitrogen and oxygen atoms in total.